The number of hydrogen-bond acceptors (Lipinski definition) is 4. The zero-order valence-corrected chi connectivity index (χ0v) is 19.7. The smallest absolute Gasteiger partial charge is 0.346 e. The van der Waals surface area contributed by atoms with Gasteiger partial charge in [-0.25, -0.2) is 4.79 Å². The maximum absolute atomic E-state index is 13.6. The van der Waals surface area contributed by atoms with E-state index in [1.54, 1.807) is 12.1 Å². The summed E-state index contributed by atoms with van der Waals surface area (Å²) in [5, 5.41) is 11.7. The molecule has 1 aromatic heterocycles. The Morgan fingerprint density at radius 2 is 1.79 bits per heavy atom. The van der Waals surface area contributed by atoms with Gasteiger partial charge in [-0.2, -0.15) is 0 Å². The van der Waals surface area contributed by atoms with Crippen molar-refractivity contribution >= 4 is 5.97 Å². The van der Waals surface area contributed by atoms with Gasteiger partial charge in [-0.05, 0) is 37.0 Å². The summed E-state index contributed by atoms with van der Waals surface area (Å²) in [4.78, 5) is 13.6. The molecule has 1 N–H and O–H groups in total. The average Bonchev–Trinajstić information content (AvgIpc) is 3.41. The first-order chi connectivity index (χ1) is 16.1. The van der Waals surface area contributed by atoms with Crippen LogP contribution in [0.25, 0.3) is 0 Å². The molecule has 1 unspecified atom stereocenters. The molecule has 0 radical (unpaired) electrons. The summed E-state index contributed by atoms with van der Waals surface area (Å²) >= 11 is 0. The number of nitrogens with zero attached hydrogens (tertiary/aromatic N) is 1. The van der Waals surface area contributed by atoms with Crippen LogP contribution in [-0.4, -0.2) is 47.8 Å². The van der Waals surface area contributed by atoms with E-state index in [1.807, 2.05) is 0 Å². The Labute approximate surface area is 197 Å². The fourth-order valence-electron chi connectivity index (χ4n) is 6.64. The second-order valence-corrected chi connectivity index (χ2v) is 10.6. The molecule has 2 bridgehead atoms. The fourth-order valence-corrected chi connectivity index (χ4v) is 6.64. The van der Waals surface area contributed by atoms with Gasteiger partial charge >= 0.3 is 5.97 Å². The highest BCUT2D eigenvalue weighted by Gasteiger charge is 2.53. The van der Waals surface area contributed by atoms with Gasteiger partial charge in [0, 0.05) is 31.1 Å². The lowest BCUT2D eigenvalue weighted by molar-refractivity contribution is -0.946. The van der Waals surface area contributed by atoms with Crippen molar-refractivity contribution in [3.05, 3.63) is 60.1 Å². The maximum atomic E-state index is 13.6. The minimum atomic E-state index is -1.67. The Kier molecular flexibility index (Phi) is 6.62. The third-order valence-corrected chi connectivity index (χ3v) is 8.64. The average molecular weight is 453 g/mol. The van der Waals surface area contributed by atoms with E-state index in [-0.39, 0.29) is 12.0 Å². The number of aliphatic hydroxyl groups is 1. The number of hydrogen-bond donors (Lipinski definition) is 1. The van der Waals surface area contributed by atoms with Crippen LogP contribution >= 0.6 is 0 Å². The van der Waals surface area contributed by atoms with Crippen LogP contribution in [0, 0.1) is 11.8 Å². The highest BCUT2D eigenvalue weighted by molar-refractivity contribution is 5.81. The zero-order valence-electron chi connectivity index (χ0n) is 19.7. The first-order valence-corrected chi connectivity index (χ1v) is 13.0. The van der Waals surface area contributed by atoms with Crippen LogP contribution in [-0.2, 0) is 21.6 Å². The van der Waals surface area contributed by atoms with Gasteiger partial charge in [0.1, 0.15) is 12.3 Å². The number of carbonyl (C=O) groups excluding carboxylic acids is 1. The van der Waals surface area contributed by atoms with Gasteiger partial charge in [0.2, 0.25) is 5.60 Å². The Bertz CT molecular complexity index is 897. The Hall–Kier alpha value is -2.11. The van der Waals surface area contributed by atoms with Crippen LogP contribution in [0.2, 0.25) is 0 Å². The molecule has 3 aliphatic heterocycles. The van der Waals surface area contributed by atoms with Gasteiger partial charge in [0.05, 0.1) is 25.9 Å². The van der Waals surface area contributed by atoms with E-state index >= 15 is 0 Å². The van der Waals surface area contributed by atoms with E-state index in [4.69, 9.17) is 9.15 Å². The second kappa shape index (κ2) is 9.63. The largest absolute Gasteiger partial charge is 0.466 e. The molecule has 1 aliphatic carbocycles. The molecule has 4 fully saturated rings. The van der Waals surface area contributed by atoms with Crippen LogP contribution in [0.15, 0.2) is 53.1 Å². The van der Waals surface area contributed by atoms with Crippen molar-refractivity contribution in [1.29, 1.82) is 0 Å². The van der Waals surface area contributed by atoms with Gasteiger partial charge in [0.15, 0.2) is 6.10 Å². The number of quaternary nitrogens is 1. The summed E-state index contributed by atoms with van der Waals surface area (Å²) in [7, 11) is 0. The molecule has 0 spiro atoms. The minimum absolute atomic E-state index is 0.109. The Balaban J connectivity index is 1.26. The van der Waals surface area contributed by atoms with Crippen molar-refractivity contribution in [3.8, 4) is 0 Å². The molecule has 3 saturated heterocycles. The number of aryl methyl sites for hydroxylation is 1. The molecule has 6 rings (SSSR count). The van der Waals surface area contributed by atoms with Crippen molar-refractivity contribution in [2.24, 2.45) is 11.8 Å². The minimum Gasteiger partial charge on any atom is -0.466 e. The summed E-state index contributed by atoms with van der Waals surface area (Å²) in [6.45, 7) is 4.36. The molecule has 4 heterocycles. The van der Waals surface area contributed by atoms with Crippen LogP contribution < -0.4 is 0 Å². The number of fused-ring (bicyclic) bond motifs is 3. The summed E-state index contributed by atoms with van der Waals surface area (Å²) in [5.41, 5.74) is -0.282. The van der Waals surface area contributed by atoms with E-state index in [9.17, 15) is 9.90 Å². The molecule has 1 saturated carbocycles. The van der Waals surface area contributed by atoms with E-state index < -0.39 is 11.6 Å². The SMILES string of the molecule is O=C(OC1C[N+]2(CCCc3ccccc3)CCC1CC2)[C@@](O)(c1ccco1)C1CCCCC1. The number of rotatable bonds is 8. The highest BCUT2D eigenvalue weighted by atomic mass is 16.6. The van der Waals surface area contributed by atoms with E-state index in [2.05, 4.69) is 30.3 Å². The topological polar surface area (TPSA) is 59.7 Å². The summed E-state index contributed by atoms with van der Waals surface area (Å²) in [6, 6.07) is 14.2. The third kappa shape index (κ3) is 4.63. The first-order valence-electron chi connectivity index (χ1n) is 13.0. The number of carbonyl (C=O) groups is 1. The quantitative estimate of drug-likeness (QED) is 0.460. The molecule has 5 nitrogen and oxygen atoms in total. The molecule has 5 heteroatoms. The monoisotopic (exact) mass is 452 g/mol. The number of benzene rings is 1. The normalized spacial score (nSPS) is 29.5. The van der Waals surface area contributed by atoms with E-state index in [1.165, 1.54) is 24.9 Å². The number of esters is 1. The van der Waals surface area contributed by atoms with E-state index in [0.29, 0.717) is 11.7 Å². The van der Waals surface area contributed by atoms with Crippen molar-refractivity contribution < 1.29 is 23.5 Å². The molecule has 2 atom stereocenters. The van der Waals surface area contributed by atoms with E-state index in [0.717, 1.165) is 75.4 Å². The lowest BCUT2D eigenvalue weighted by Gasteiger charge is -2.52. The lowest BCUT2D eigenvalue weighted by atomic mass is 9.75. The molecule has 4 aliphatic rings. The van der Waals surface area contributed by atoms with Crippen molar-refractivity contribution in [3.63, 3.8) is 0 Å². The molecule has 0 amide bonds. The maximum Gasteiger partial charge on any atom is 0.346 e. The summed E-state index contributed by atoms with van der Waals surface area (Å²) < 4.78 is 12.8. The standard InChI is InChI=1S/C28H38NO4/c30-27(28(31,26-14-8-20-32-26)24-12-5-2-6-13-24)33-25-21-29(18-15-23(25)16-19-29)17-7-11-22-9-3-1-4-10-22/h1,3-4,8-10,14,20,23-25,31H,2,5-7,11-13,15-19,21H2/q+1/t23?,25?,28-,29?/m0/s1. The van der Waals surface area contributed by atoms with Gasteiger partial charge in [-0.15, -0.1) is 0 Å². The van der Waals surface area contributed by atoms with Crippen LogP contribution in [0.5, 0.6) is 0 Å². The highest BCUT2D eigenvalue weighted by Crippen LogP contribution is 2.42. The number of ether oxygens (including phenoxy) is 1. The van der Waals surface area contributed by atoms with Crippen molar-refractivity contribution in [2.75, 3.05) is 26.2 Å². The molecule has 33 heavy (non-hydrogen) atoms. The second-order valence-electron chi connectivity index (χ2n) is 10.6. The Morgan fingerprint density at radius 1 is 1.03 bits per heavy atom. The number of furan rings is 1. The van der Waals surface area contributed by atoms with Crippen LogP contribution in [0.3, 0.4) is 0 Å². The summed E-state index contributed by atoms with van der Waals surface area (Å²) in [6.07, 6.45) is 10.8. The predicted octanol–water partition coefficient (Wildman–Crippen LogP) is 4.83. The molecule has 178 valence electrons. The predicted molar refractivity (Wildman–Crippen MR) is 126 cm³/mol. The van der Waals surface area contributed by atoms with Gasteiger partial charge in [0.25, 0.3) is 0 Å². The Morgan fingerprint density at radius 3 is 2.48 bits per heavy atom. The first kappa shape index (κ1) is 22.7. The fraction of sp³-hybridized carbons (Fsp3) is 0.607. The molecular weight excluding hydrogens is 414 g/mol. The lowest BCUT2D eigenvalue weighted by Crippen LogP contribution is -2.65. The zero-order chi connectivity index (χ0) is 22.7. The van der Waals surface area contributed by atoms with Gasteiger partial charge in [-0.3, -0.25) is 0 Å². The van der Waals surface area contributed by atoms with Crippen LogP contribution in [0.1, 0.15) is 62.7 Å². The molecule has 2 aromatic rings. The van der Waals surface area contributed by atoms with Gasteiger partial charge in [-0.1, -0.05) is 49.6 Å². The third-order valence-electron chi connectivity index (χ3n) is 8.64. The number of piperidine rings is 3. The molecular formula is C28H38NO4+. The van der Waals surface area contributed by atoms with Crippen LogP contribution in [0.4, 0.5) is 0 Å². The van der Waals surface area contributed by atoms with Gasteiger partial charge < -0.3 is 18.7 Å². The molecule has 1 aromatic carbocycles. The van der Waals surface area contributed by atoms with Crippen molar-refractivity contribution in [2.45, 2.75) is 69.5 Å². The summed E-state index contributed by atoms with van der Waals surface area (Å²) in [5.74, 6) is 0.119. The van der Waals surface area contributed by atoms with Crippen molar-refractivity contribution in [1.82, 2.24) is 0 Å².